The number of carbonyl (C=O) groups excluding carboxylic acids is 2. The molecule has 0 radical (unpaired) electrons. The van der Waals surface area contributed by atoms with Gasteiger partial charge in [0, 0.05) is 31.8 Å². The second-order valence-corrected chi connectivity index (χ2v) is 9.14. The Morgan fingerprint density at radius 2 is 1.96 bits per heavy atom. The molecule has 0 saturated carbocycles. The van der Waals surface area contributed by atoms with Gasteiger partial charge in [-0.1, -0.05) is 34.1 Å². The lowest BCUT2D eigenvalue weighted by Gasteiger charge is -2.39. The van der Waals surface area contributed by atoms with Gasteiger partial charge in [0.05, 0.1) is 10.9 Å². The molecule has 0 aromatic heterocycles. The van der Waals surface area contributed by atoms with Gasteiger partial charge in [0.25, 0.3) is 0 Å². The molecule has 24 heavy (non-hydrogen) atoms. The van der Waals surface area contributed by atoms with Gasteiger partial charge in [-0.15, -0.1) is 11.8 Å². The van der Waals surface area contributed by atoms with Crippen LogP contribution in [-0.2, 0) is 9.59 Å². The zero-order chi connectivity index (χ0) is 17.7. The minimum atomic E-state index is -0.100. The number of likely N-dealkylation sites (tertiary alicyclic amines) is 1. The Kier molecular flexibility index (Phi) is 6.99. The van der Waals surface area contributed by atoms with Gasteiger partial charge in [0.15, 0.2) is 0 Å². The molecule has 2 aliphatic rings. The van der Waals surface area contributed by atoms with E-state index in [4.69, 9.17) is 0 Å². The van der Waals surface area contributed by atoms with Crippen LogP contribution in [0.3, 0.4) is 0 Å². The van der Waals surface area contributed by atoms with Gasteiger partial charge < -0.3 is 10.2 Å². The van der Waals surface area contributed by atoms with E-state index in [1.54, 1.807) is 0 Å². The third-order valence-electron chi connectivity index (χ3n) is 5.11. The van der Waals surface area contributed by atoms with Crippen molar-refractivity contribution in [3.05, 3.63) is 0 Å². The van der Waals surface area contributed by atoms with Crippen LogP contribution in [0.5, 0.6) is 0 Å². The monoisotopic (exact) mass is 355 g/mol. The zero-order valence-electron chi connectivity index (χ0n) is 15.6. The summed E-state index contributed by atoms with van der Waals surface area (Å²) in [7, 11) is 0. The molecular formula is C18H33N3O2S. The van der Waals surface area contributed by atoms with E-state index in [9.17, 15) is 9.59 Å². The van der Waals surface area contributed by atoms with Crippen molar-refractivity contribution in [1.82, 2.24) is 15.5 Å². The average molecular weight is 356 g/mol. The van der Waals surface area contributed by atoms with Crippen molar-refractivity contribution < 1.29 is 9.59 Å². The van der Waals surface area contributed by atoms with Crippen LogP contribution in [0.4, 0.5) is 0 Å². The highest BCUT2D eigenvalue weighted by Gasteiger charge is 2.44. The van der Waals surface area contributed by atoms with Gasteiger partial charge in [-0.05, 0) is 24.7 Å². The molecule has 138 valence electrons. The van der Waals surface area contributed by atoms with Crippen LogP contribution in [0.25, 0.3) is 0 Å². The Bertz CT molecular complexity index is 448. The van der Waals surface area contributed by atoms with E-state index in [1.807, 2.05) is 16.7 Å². The first kappa shape index (κ1) is 19.6. The molecule has 2 aliphatic heterocycles. The number of hydrogen-bond acceptors (Lipinski definition) is 4. The molecular weight excluding hydrogens is 322 g/mol. The van der Waals surface area contributed by atoms with Crippen LogP contribution in [0.1, 0.15) is 53.4 Å². The molecule has 0 aromatic rings. The van der Waals surface area contributed by atoms with E-state index in [2.05, 4.69) is 38.3 Å². The van der Waals surface area contributed by atoms with Crippen molar-refractivity contribution in [2.45, 2.75) is 64.3 Å². The summed E-state index contributed by atoms with van der Waals surface area (Å²) in [5.74, 6) is 2.15. The Labute approximate surface area is 150 Å². The molecule has 6 heteroatoms. The fraction of sp³-hybridized carbons (Fsp3) is 0.889. The first-order chi connectivity index (χ1) is 11.3. The third kappa shape index (κ3) is 5.12. The molecule has 1 spiro atoms. The maximum atomic E-state index is 12.3. The summed E-state index contributed by atoms with van der Waals surface area (Å²) in [6.45, 7) is 10.8. The number of piperidine rings is 1. The SMILES string of the molecule is CCC(C)CNC(=O)C1CSC2(CCN(C(=O)CC(C)C)CC2)N1. The van der Waals surface area contributed by atoms with E-state index >= 15 is 0 Å². The number of carbonyl (C=O) groups is 2. The number of rotatable bonds is 6. The van der Waals surface area contributed by atoms with Crippen molar-refractivity contribution >= 4 is 23.6 Å². The summed E-state index contributed by atoms with van der Waals surface area (Å²) < 4.78 is 0. The molecule has 2 N–H and O–H groups in total. The van der Waals surface area contributed by atoms with Crippen molar-refractivity contribution in [3.8, 4) is 0 Å². The first-order valence-electron chi connectivity index (χ1n) is 9.32. The van der Waals surface area contributed by atoms with Gasteiger partial charge in [0.2, 0.25) is 11.8 Å². The lowest BCUT2D eigenvalue weighted by molar-refractivity contribution is -0.133. The van der Waals surface area contributed by atoms with Crippen molar-refractivity contribution in [2.24, 2.45) is 11.8 Å². The molecule has 2 unspecified atom stereocenters. The van der Waals surface area contributed by atoms with Crippen LogP contribution in [0, 0.1) is 11.8 Å². The van der Waals surface area contributed by atoms with E-state index < -0.39 is 0 Å². The smallest absolute Gasteiger partial charge is 0.238 e. The molecule has 2 fully saturated rings. The maximum Gasteiger partial charge on any atom is 0.238 e. The number of amides is 2. The Hall–Kier alpha value is -0.750. The zero-order valence-corrected chi connectivity index (χ0v) is 16.4. The van der Waals surface area contributed by atoms with Crippen LogP contribution < -0.4 is 10.6 Å². The second kappa shape index (κ2) is 8.56. The average Bonchev–Trinajstić information content (AvgIpc) is 2.96. The van der Waals surface area contributed by atoms with E-state index in [0.29, 0.717) is 18.3 Å². The summed E-state index contributed by atoms with van der Waals surface area (Å²) in [4.78, 5) is 26.5. The molecule has 5 nitrogen and oxygen atoms in total. The maximum absolute atomic E-state index is 12.3. The highest BCUT2D eigenvalue weighted by Crippen LogP contribution is 2.39. The fourth-order valence-electron chi connectivity index (χ4n) is 3.21. The summed E-state index contributed by atoms with van der Waals surface area (Å²) in [5, 5.41) is 6.63. The highest BCUT2D eigenvalue weighted by molar-refractivity contribution is 8.01. The van der Waals surface area contributed by atoms with E-state index in [1.165, 1.54) is 0 Å². The van der Waals surface area contributed by atoms with Gasteiger partial charge in [-0.2, -0.15) is 0 Å². The predicted octanol–water partition coefficient (Wildman–Crippen LogP) is 2.22. The summed E-state index contributed by atoms with van der Waals surface area (Å²) in [5.41, 5.74) is 0. The summed E-state index contributed by atoms with van der Waals surface area (Å²) in [6.07, 6.45) is 3.57. The van der Waals surface area contributed by atoms with Crippen LogP contribution in [0.2, 0.25) is 0 Å². The first-order valence-corrected chi connectivity index (χ1v) is 10.3. The van der Waals surface area contributed by atoms with Crippen LogP contribution in [-0.4, -0.2) is 53.0 Å². The Balaban J connectivity index is 1.79. The molecule has 2 saturated heterocycles. The van der Waals surface area contributed by atoms with Crippen LogP contribution in [0.15, 0.2) is 0 Å². The Morgan fingerprint density at radius 1 is 1.29 bits per heavy atom. The normalized spacial score (nSPS) is 24.4. The summed E-state index contributed by atoms with van der Waals surface area (Å²) >= 11 is 1.86. The molecule has 0 bridgehead atoms. The molecule has 0 aliphatic carbocycles. The minimum Gasteiger partial charge on any atom is -0.354 e. The predicted molar refractivity (Wildman–Crippen MR) is 99.8 cm³/mol. The largest absolute Gasteiger partial charge is 0.354 e. The van der Waals surface area contributed by atoms with Crippen molar-refractivity contribution in [3.63, 3.8) is 0 Å². The minimum absolute atomic E-state index is 0.0208. The highest BCUT2D eigenvalue weighted by atomic mass is 32.2. The molecule has 2 rings (SSSR count). The number of nitrogens with one attached hydrogen (secondary N) is 2. The molecule has 2 amide bonds. The third-order valence-corrected chi connectivity index (χ3v) is 6.69. The lowest BCUT2D eigenvalue weighted by atomic mass is 10.0. The van der Waals surface area contributed by atoms with E-state index in [-0.39, 0.29) is 22.7 Å². The molecule has 2 atom stereocenters. The van der Waals surface area contributed by atoms with Crippen molar-refractivity contribution in [1.29, 1.82) is 0 Å². The molecule has 0 aromatic carbocycles. The second-order valence-electron chi connectivity index (χ2n) is 7.74. The van der Waals surface area contributed by atoms with Gasteiger partial charge in [-0.3, -0.25) is 14.9 Å². The lowest BCUT2D eigenvalue weighted by Crippen LogP contribution is -2.54. The number of hydrogen-bond donors (Lipinski definition) is 2. The van der Waals surface area contributed by atoms with Gasteiger partial charge in [-0.25, -0.2) is 0 Å². The number of nitrogens with zero attached hydrogens (tertiary/aromatic N) is 1. The van der Waals surface area contributed by atoms with Crippen LogP contribution >= 0.6 is 11.8 Å². The standard InChI is InChI=1S/C18H33N3O2S/c1-5-14(4)11-19-17(23)15-12-24-18(20-15)6-8-21(9-7-18)16(22)10-13(2)3/h13-15,20H,5-12H2,1-4H3,(H,19,23). The van der Waals surface area contributed by atoms with Crippen molar-refractivity contribution in [2.75, 3.05) is 25.4 Å². The van der Waals surface area contributed by atoms with Gasteiger partial charge in [0.1, 0.15) is 0 Å². The quantitative estimate of drug-likeness (QED) is 0.767. The molecule has 2 heterocycles. The Morgan fingerprint density at radius 3 is 2.54 bits per heavy atom. The topological polar surface area (TPSA) is 61.4 Å². The summed E-state index contributed by atoms with van der Waals surface area (Å²) in [6, 6.07) is -0.100. The number of thioether (sulfide) groups is 1. The fourth-order valence-corrected chi connectivity index (χ4v) is 4.63. The van der Waals surface area contributed by atoms with Gasteiger partial charge >= 0.3 is 0 Å². The van der Waals surface area contributed by atoms with E-state index in [0.717, 1.165) is 44.6 Å².